The number of aryl methyl sites for hydroxylation is 1. The summed E-state index contributed by atoms with van der Waals surface area (Å²) in [7, 11) is 2.95. The van der Waals surface area contributed by atoms with Gasteiger partial charge in [-0.3, -0.25) is 29.3 Å². The van der Waals surface area contributed by atoms with Crippen LogP contribution in [0.3, 0.4) is 0 Å². The molecular weight excluding hydrogens is 1160 g/mol. The van der Waals surface area contributed by atoms with E-state index in [2.05, 4.69) is 46.9 Å². The summed E-state index contributed by atoms with van der Waals surface area (Å²) in [5, 5.41) is 37.8. The van der Waals surface area contributed by atoms with Gasteiger partial charge in [-0.05, 0) is 49.9 Å². The van der Waals surface area contributed by atoms with E-state index in [4.69, 9.17) is 35.1 Å². The number of hydrogen-bond acceptors (Lipinski definition) is 23. The smallest absolute Gasteiger partial charge is 0.412 e. The molecule has 81 heavy (non-hydrogen) atoms. The number of benzene rings is 1. The first kappa shape index (κ1) is 58.3. The molecule has 6 amide bonds. The van der Waals surface area contributed by atoms with Crippen LogP contribution in [0.2, 0.25) is 0 Å². The molecule has 0 saturated heterocycles. The zero-order valence-corrected chi connectivity index (χ0v) is 49.0. The molecule has 10 bridgehead atoms. The van der Waals surface area contributed by atoms with E-state index < -0.39 is 66.4 Å². The highest BCUT2D eigenvalue weighted by Crippen LogP contribution is 2.40. The lowest BCUT2D eigenvalue weighted by Crippen LogP contribution is -2.40. The highest BCUT2D eigenvalue weighted by Gasteiger charge is 2.33. The van der Waals surface area contributed by atoms with Crippen molar-refractivity contribution in [2.75, 3.05) is 39.2 Å². The lowest BCUT2D eigenvalue weighted by molar-refractivity contribution is -0.122. The minimum Gasteiger partial charge on any atom is -0.449 e. The lowest BCUT2D eigenvalue weighted by Gasteiger charge is -2.23. The molecule has 422 valence electrons. The first-order chi connectivity index (χ1) is 39.1. The number of methoxy groups -OCH3 is 1. The van der Waals surface area contributed by atoms with Crippen LogP contribution in [0.25, 0.3) is 43.4 Å². The molecule has 29 heteroatoms. The number of carbonyl (C=O) groups excluding carboxylic acids is 6. The van der Waals surface area contributed by atoms with Crippen molar-refractivity contribution in [2.24, 2.45) is 11.7 Å². The Morgan fingerprint density at radius 3 is 2.22 bits per heavy atom. The number of nitrogens with zero attached hydrogens (tertiary/aromatic N) is 7. The molecule has 9 rings (SSSR count). The van der Waals surface area contributed by atoms with Gasteiger partial charge < -0.3 is 46.9 Å². The molecule has 0 fully saturated rings. The van der Waals surface area contributed by atoms with Crippen LogP contribution in [-0.4, -0.2) is 109 Å². The fraction of sp³-hybridized carbons (Fsp3) is 0.327. The van der Waals surface area contributed by atoms with Gasteiger partial charge in [0.05, 0.1) is 48.8 Å². The van der Waals surface area contributed by atoms with Gasteiger partial charge in [-0.1, -0.05) is 44.2 Å². The van der Waals surface area contributed by atoms with Crippen LogP contribution in [0.1, 0.15) is 119 Å². The van der Waals surface area contributed by atoms with Gasteiger partial charge >= 0.3 is 6.09 Å². The van der Waals surface area contributed by atoms with Crippen molar-refractivity contribution in [2.45, 2.75) is 70.9 Å². The average Bonchev–Trinajstić information content (AvgIpc) is 4.36. The molecule has 8 heterocycles. The predicted octanol–water partition coefficient (Wildman–Crippen LogP) is 7.60. The molecule has 23 nitrogen and oxygen atoms in total. The van der Waals surface area contributed by atoms with Crippen LogP contribution in [0, 0.1) is 12.8 Å². The first-order valence-corrected chi connectivity index (χ1v) is 30.3. The van der Waals surface area contributed by atoms with Gasteiger partial charge in [-0.2, -0.15) is 0 Å². The summed E-state index contributed by atoms with van der Waals surface area (Å²) in [5.41, 5.74) is 8.34. The van der Waals surface area contributed by atoms with Gasteiger partial charge in [-0.25, -0.2) is 39.7 Å². The molecule has 0 saturated carbocycles. The van der Waals surface area contributed by atoms with Crippen molar-refractivity contribution in [3.63, 3.8) is 0 Å². The number of ether oxygens (including phenoxy) is 2. The number of unbranched alkanes of at least 4 members (excludes halogenated alkanes) is 1. The van der Waals surface area contributed by atoms with Gasteiger partial charge in [0.2, 0.25) is 11.8 Å². The second-order valence-electron chi connectivity index (χ2n) is 18.4. The van der Waals surface area contributed by atoms with Crippen LogP contribution in [0.15, 0.2) is 64.0 Å². The topological polar surface area (TPSA) is 330 Å². The Kier molecular flexibility index (Phi) is 19.1. The number of carbonyl (C=O) groups is 6. The maximum atomic E-state index is 14.3. The van der Waals surface area contributed by atoms with Crippen LogP contribution in [0.5, 0.6) is 0 Å². The monoisotopic (exact) mass is 1210 g/mol. The summed E-state index contributed by atoms with van der Waals surface area (Å²) in [4.78, 5) is 117. The molecule has 0 unspecified atom stereocenters. The zero-order valence-electron chi connectivity index (χ0n) is 44.1. The third-order valence-electron chi connectivity index (χ3n) is 12.3. The number of thiazole rings is 6. The molecule has 8 aromatic rings. The number of aliphatic hydroxyl groups excluding tert-OH is 1. The number of nitrogens with one attached hydrogen (secondary N) is 6. The zero-order chi connectivity index (χ0) is 57.3. The average molecular weight is 1210 g/mol. The maximum absolute atomic E-state index is 14.3. The number of pyridine rings is 1. The molecule has 0 aliphatic carbocycles. The van der Waals surface area contributed by atoms with E-state index in [1.807, 2.05) is 13.8 Å². The molecule has 1 aliphatic rings. The standard InChI is InChI=1S/C52H54N14O9S6/c1-24(2)37-51-66-40(33(81-51)19-74-5)44(71)55-18-36(68)63-41(42(69)26-11-7-6-8-12-26)50-60-32(22-78-50)48-58-30(20-77-48)39-27(13-14-28(56-39)47-61-34(23-79-47)62-52(73)75-16-10-9-15-53)46-59-31(21-76-46)43(70)57-29(17-35(67)54-4)49-65-38(25(3)80-49)45(72)64-37/h6-8,11-14,20-24,29,37,41-42,69H,9-10,15-19,53H2,1-5H3,(H,54,67)(H,55,71)(H,57,70)(H,62,73)(H,63,68)(H,64,72)/t29-,37+,41-,42-/m0/s1. The SMILES string of the molecule is CNC(=O)C[C@@H]1NC(=O)c2csc(n2)-c2ccc(-c3nc(NC(=O)OCCCCN)cs3)nc2-c2csc(n2)-c2csc(n2)[C@H]([C@@H](O)c2ccccc2)NC(=O)CNC(=O)c2nc(sc2COC)[C@@H](C(C)C)NC(=O)c2nc1sc2C. The van der Waals surface area contributed by atoms with Crippen molar-refractivity contribution in [1.29, 1.82) is 0 Å². The van der Waals surface area contributed by atoms with Crippen LogP contribution < -0.4 is 37.6 Å². The third-order valence-corrected chi connectivity index (χ3v) is 18.0. The fourth-order valence-corrected chi connectivity index (χ4v) is 13.7. The van der Waals surface area contributed by atoms with Crippen LogP contribution in [0.4, 0.5) is 10.6 Å². The van der Waals surface area contributed by atoms with Crippen LogP contribution in [-0.2, 0) is 25.7 Å². The molecule has 4 atom stereocenters. The second kappa shape index (κ2) is 26.5. The molecule has 0 radical (unpaired) electrons. The van der Waals surface area contributed by atoms with E-state index in [1.165, 1.54) is 70.8 Å². The quantitative estimate of drug-likeness (QED) is 0.0515. The van der Waals surface area contributed by atoms with Crippen molar-refractivity contribution in [3.05, 3.63) is 111 Å². The molecular formula is C52H54N14O9S6. The summed E-state index contributed by atoms with van der Waals surface area (Å²) in [5.74, 6) is -2.84. The van der Waals surface area contributed by atoms with E-state index in [0.29, 0.717) is 93.1 Å². The van der Waals surface area contributed by atoms with Gasteiger partial charge in [-0.15, -0.1) is 68.0 Å². The van der Waals surface area contributed by atoms with E-state index in [-0.39, 0.29) is 48.5 Å². The minimum atomic E-state index is -1.27. The Labute approximate surface area is 487 Å². The number of anilines is 1. The number of nitrogens with two attached hydrogens (primary N) is 1. The number of rotatable bonds is 13. The second-order valence-corrected chi connectivity index (χ2v) is 24.2. The van der Waals surface area contributed by atoms with Gasteiger partial charge in [0, 0.05) is 46.1 Å². The van der Waals surface area contributed by atoms with Crippen molar-refractivity contribution in [3.8, 4) is 43.4 Å². The van der Waals surface area contributed by atoms with Crippen molar-refractivity contribution < 1.29 is 43.3 Å². The Morgan fingerprint density at radius 1 is 0.728 bits per heavy atom. The number of hydrogen-bond donors (Lipinski definition) is 8. The summed E-state index contributed by atoms with van der Waals surface area (Å²) < 4.78 is 10.7. The van der Waals surface area contributed by atoms with Crippen molar-refractivity contribution >= 4 is 109 Å². The summed E-state index contributed by atoms with van der Waals surface area (Å²) >= 11 is 7.20. The number of aliphatic hydroxyl groups is 1. The van der Waals surface area contributed by atoms with Gasteiger partial charge in [0.1, 0.15) is 82.2 Å². The summed E-state index contributed by atoms with van der Waals surface area (Å²) in [6.45, 7) is 5.66. The fourth-order valence-electron chi connectivity index (χ4n) is 8.19. The maximum Gasteiger partial charge on any atom is 0.412 e. The number of fused-ring (bicyclic) bond motifs is 14. The molecule has 1 aliphatic heterocycles. The number of aromatic nitrogens is 7. The largest absolute Gasteiger partial charge is 0.449 e. The van der Waals surface area contributed by atoms with E-state index in [0.717, 1.165) is 11.3 Å². The summed E-state index contributed by atoms with van der Waals surface area (Å²) in [6.07, 6.45) is -0.812. The molecule has 1 aromatic carbocycles. The minimum absolute atomic E-state index is 0.00152. The highest BCUT2D eigenvalue weighted by molar-refractivity contribution is 7.15. The van der Waals surface area contributed by atoms with E-state index in [9.17, 15) is 33.9 Å². The third kappa shape index (κ3) is 13.9. The van der Waals surface area contributed by atoms with E-state index >= 15 is 0 Å². The molecule has 9 N–H and O–H groups in total. The molecule has 0 spiro atoms. The Bertz CT molecular complexity index is 3570. The van der Waals surface area contributed by atoms with Crippen molar-refractivity contribution in [1.82, 2.24) is 61.5 Å². The summed E-state index contributed by atoms with van der Waals surface area (Å²) in [6, 6.07) is 9.54. The normalized spacial score (nSPS) is 16.4. The predicted molar refractivity (Wildman–Crippen MR) is 310 cm³/mol. The first-order valence-electron chi connectivity index (χ1n) is 25.2. The van der Waals surface area contributed by atoms with Gasteiger partial charge in [0.25, 0.3) is 17.7 Å². The Morgan fingerprint density at radius 2 is 1.46 bits per heavy atom. The Hall–Kier alpha value is -7.35. The van der Waals surface area contributed by atoms with Gasteiger partial charge in [0.15, 0.2) is 0 Å². The molecule has 7 aromatic heterocycles. The van der Waals surface area contributed by atoms with E-state index in [1.54, 1.807) is 70.9 Å². The highest BCUT2D eigenvalue weighted by atomic mass is 32.1. The lowest BCUT2D eigenvalue weighted by atomic mass is 10.0. The van der Waals surface area contributed by atoms with Crippen LogP contribution >= 0.6 is 68.0 Å². The number of amides is 6. The Balaban J connectivity index is 1.11.